The van der Waals surface area contributed by atoms with E-state index in [-0.39, 0.29) is 29.2 Å². The molecule has 4 aromatic rings. The lowest BCUT2D eigenvalue weighted by Gasteiger charge is -2.33. The highest BCUT2D eigenvalue weighted by atomic mass is 16.4. The van der Waals surface area contributed by atoms with Gasteiger partial charge in [0, 0.05) is 42.2 Å². The van der Waals surface area contributed by atoms with E-state index in [2.05, 4.69) is 17.0 Å². The van der Waals surface area contributed by atoms with Gasteiger partial charge < -0.3 is 5.11 Å². The fourth-order valence-corrected chi connectivity index (χ4v) is 5.91. The van der Waals surface area contributed by atoms with Gasteiger partial charge in [0.25, 0.3) is 0 Å². The van der Waals surface area contributed by atoms with Gasteiger partial charge in [-0.2, -0.15) is 5.10 Å². The van der Waals surface area contributed by atoms with Crippen LogP contribution >= 0.6 is 0 Å². The van der Waals surface area contributed by atoms with E-state index in [1.165, 1.54) is 6.20 Å². The standard InChI is InChI=1S/C29H32N6O3/c1-19-7-9-21(10-8-19)28(36)35(23-5-2-3-6-23)27-24(29(37)38)18-34(32-27)22-13-11-20(12-14-22)25-17-26-30-15-4-16-33(26)31-25/h4,11-19,21,23H,2-3,5-10H2,1H3,(H,37,38)/t19-,21-. The second-order valence-corrected chi connectivity index (χ2v) is 10.7. The van der Waals surface area contributed by atoms with Crippen molar-refractivity contribution in [2.24, 2.45) is 11.8 Å². The normalized spacial score (nSPS) is 20.1. The third kappa shape index (κ3) is 4.57. The van der Waals surface area contributed by atoms with Gasteiger partial charge in [-0.05, 0) is 62.6 Å². The topological polar surface area (TPSA) is 106 Å². The minimum absolute atomic E-state index is 0.00525. The number of aromatic nitrogens is 5. The van der Waals surface area contributed by atoms with Gasteiger partial charge in [0.05, 0.1) is 11.4 Å². The van der Waals surface area contributed by atoms with Crippen LogP contribution in [0.5, 0.6) is 0 Å². The molecule has 0 bridgehead atoms. The molecule has 1 aromatic carbocycles. The smallest absolute Gasteiger partial charge is 0.341 e. The zero-order valence-electron chi connectivity index (χ0n) is 21.5. The zero-order chi connectivity index (χ0) is 26.2. The molecule has 3 heterocycles. The van der Waals surface area contributed by atoms with Crippen LogP contribution in [0.3, 0.4) is 0 Å². The number of rotatable bonds is 6. The molecule has 2 aliphatic carbocycles. The average molecular weight is 513 g/mol. The third-order valence-electron chi connectivity index (χ3n) is 8.11. The Balaban J connectivity index is 1.33. The third-order valence-corrected chi connectivity index (χ3v) is 8.11. The Morgan fingerprint density at radius 1 is 1.00 bits per heavy atom. The minimum atomic E-state index is -1.08. The highest BCUT2D eigenvalue weighted by Crippen LogP contribution is 2.36. The largest absolute Gasteiger partial charge is 0.477 e. The van der Waals surface area contributed by atoms with Crippen molar-refractivity contribution in [2.75, 3.05) is 4.90 Å². The summed E-state index contributed by atoms with van der Waals surface area (Å²) in [6.07, 6.45) is 12.7. The van der Waals surface area contributed by atoms with Crippen molar-refractivity contribution in [1.29, 1.82) is 0 Å². The molecule has 0 atom stereocenters. The molecule has 1 amide bonds. The van der Waals surface area contributed by atoms with Crippen LogP contribution in [0.25, 0.3) is 22.6 Å². The Kier molecular flexibility index (Phi) is 6.43. The molecule has 2 saturated carbocycles. The molecule has 6 rings (SSSR count). The number of anilines is 1. The maximum absolute atomic E-state index is 13.9. The Hall–Kier alpha value is -4.01. The molecular weight excluding hydrogens is 480 g/mol. The number of hydrogen-bond donors (Lipinski definition) is 1. The van der Waals surface area contributed by atoms with Gasteiger partial charge in [0.1, 0.15) is 5.56 Å². The first-order valence-corrected chi connectivity index (χ1v) is 13.5. The summed E-state index contributed by atoms with van der Waals surface area (Å²) in [5, 5.41) is 19.4. The van der Waals surface area contributed by atoms with Crippen molar-refractivity contribution in [3.05, 3.63) is 60.6 Å². The predicted molar refractivity (Wildman–Crippen MR) is 143 cm³/mol. The molecule has 2 aliphatic rings. The number of fused-ring (bicyclic) bond motifs is 1. The van der Waals surface area contributed by atoms with E-state index >= 15 is 0 Å². The van der Waals surface area contributed by atoms with Crippen LogP contribution in [0.2, 0.25) is 0 Å². The van der Waals surface area contributed by atoms with Crippen molar-refractivity contribution in [3.63, 3.8) is 0 Å². The Bertz CT molecular complexity index is 1430. The summed E-state index contributed by atoms with van der Waals surface area (Å²) in [5.41, 5.74) is 3.25. The first-order chi connectivity index (χ1) is 18.5. The summed E-state index contributed by atoms with van der Waals surface area (Å²) in [6.45, 7) is 2.23. The Labute approximate surface area is 221 Å². The summed E-state index contributed by atoms with van der Waals surface area (Å²) in [5.74, 6) is -0.214. The SMILES string of the molecule is C[C@H]1CC[C@H](C(=O)N(c2nn(-c3ccc(-c4cc5ncccn5n4)cc3)cc2C(=O)O)C2CCCC2)CC1. The van der Waals surface area contributed by atoms with Crippen LogP contribution in [-0.4, -0.2) is 47.4 Å². The summed E-state index contributed by atoms with van der Waals surface area (Å²) >= 11 is 0. The lowest BCUT2D eigenvalue weighted by atomic mass is 9.82. The van der Waals surface area contributed by atoms with Gasteiger partial charge in [-0.15, -0.1) is 5.10 Å². The number of carbonyl (C=O) groups is 2. The number of hydrogen-bond acceptors (Lipinski definition) is 5. The van der Waals surface area contributed by atoms with Crippen molar-refractivity contribution < 1.29 is 14.7 Å². The van der Waals surface area contributed by atoms with Crippen LogP contribution in [0.15, 0.2) is 55.0 Å². The summed E-state index contributed by atoms with van der Waals surface area (Å²) in [6, 6.07) is 11.4. The maximum Gasteiger partial charge on any atom is 0.341 e. The van der Waals surface area contributed by atoms with E-state index in [0.717, 1.165) is 74.0 Å². The van der Waals surface area contributed by atoms with Gasteiger partial charge in [-0.25, -0.2) is 19.0 Å². The van der Waals surface area contributed by atoms with Gasteiger partial charge in [-0.1, -0.05) is 31.9 Å². The van der Waals surface area contributed by atoms with Gasteiger partial charge in [-0.3, -0.25) is 9.69 Å². The summed E-state index contributed by atoms with van der Waals surface area (Å²) in [4.78, 5) is 32.3. The van der Waals surface area contributed by atoms with E-state index in [4.69, 9.17) is 5.10 Å². The van der Waals surface area contributed by atoms with Crippen LogP contribution in [0, 0.1) is 11.8 Å². The van der Waals surface area contributed by atoms with Crippen LogP contribution in [0.4, 0.5) is 5.82 Å². The van der Waals surface area contributed by atoms with Crippen LogP contribution in [0.1, 0.15) is 68.6 Å². The van der Waals surface area contributed by atoms with Gasteiger partial charge in [0.15, 0.2) is 11.5 Å². The van der Waals surface area contributed by atoms with E-state index in [0.29, 0.717) is 5.92 Å². The molecule has 0 saturated heterocycles. The molecule has 0 spiro atoms. The fourth-order valence-electron chi connectivity index (χ4n) is 5.91. The molecule has 9 heteroatoms. The van der Waals surface area contributed by atoms with Crippen molar-refractivity contribution >= 4 is 23.3 Å². The Morgan fingerprint density at radius 2 is 1.74 bits per heavy atom. The number of nitrogens with zero attached hydrogens (tertiary/aromatic N) is 6. The van der Waals surface area contributed by atoms with Crippen molar-refractivity contribution in [2.45, 2.75) is 64.3 Å². The number of amides is 1. The Morgan fingerprint density at radius 3 is 2.42 bits per heavy atom. The molecule has 0 aliphatic heterocycles. The highest BCUT2D eigenvalue weighted by molar-refractivity contribution is 6.02. The number of benzene rings is 1. The van der Waals surface area contributed by atoms with Gasteiger partial charge >= 0.3 is 5.97 Å². The van der Waals surface area contributed by atoms with Gasteiger partial charge in [0.2, 0.25) is 5.91 Å². The zero-order valence-corrected chi connectivity index (χ0v) is 21.5. The number of carboxylic acid groups (broad SMARTS) is 1. The van der Waals surface area contributed by atoms with Crippen molar-refractivity contribution in [3.8, 4) is 16.9 Å². The monoisotopic (exact) mass is 512 g/mol. The fraction of sp³-hybridized carbons (Fsp3) is 0.414. The van der Waals surface area contributed by atoms with Crippen LogP contribution in [-0.2, 0) is 4.79 Å². The summed E-state index contributed by atoms with van der Waals surface area (Å²) in [7, 11) is 0. The van der Waals surface area contributed by atoms with E-state index in [9.17, 15) is 14.7 Å². The minimum Gasteiger partial charge on any atom is -0.477 e. The number of carbonyl (C=O) groups excluding carboxylic acids is 1. The summed E-state index contributed by atoms with van der Waals surface area (Å²) < 4.78 is 3.30. The molecule has 0 radical (unpaired) electrons. The molecule has 1 N–H and O–H groups in total. The number of aromatic carboxylic acids is 1. The lowest BCUT2D eigenvalue weighted by Crippen LogP contribution is -2.44. The first-order valence-electron chi connectivity index (χ1n) is 13.5. The second-order valence-electron chi connectivity index (χ2n) is 10.7. The maximum atomic E-state index is 13.9. The van der Waals surface area contributed by atoms with E-state index in [1.807, 2.05) is 42.6 Å². The van der Waals surface area contributed by atoms with E-state index in [1.54, 1.807) is 20.3 Å². The quantitative estimate of drug-likeness (QED) is 0.372. The van der Waals surface area contributed by atoms with Crippen LogP contribution < -0.4 is 4.90 Å². The predicted octanol–water partition coefficient (Wildman–Crippen LogP) is 5.38. The molecule has 2 fully saturated rings. The van der Waals surface area contributed by atoms with E-state index < -0.39 is 5.97 Å². The average Bonchev–Trinajstić information content (AvgIpc) is 3.69. The lowest BCUT2D eigenvalue weighted by molar-refractivity contribution is -0.124. The molecule has 38 heavy (non-hydrogen) atoms. The molecule has 9 nitrogen and oxygen atoms in total. The molecule has 196 valence electrons. The molecule has 0 unspecified atom stereocenters. The number of carboxylic acids is 1. The first kappa shape index (κ1) is 24.3. The molecular formula is C29H32N6O3. The molecule has 3 aromatic heterocycles. The highest BCUT2D eigenvalue weighted by Gasteiger charge is 2.37. The van der Waals surface area contributed by atoms with Crippen molar-refractivity contribution in [1.82, 2.24) is 24.4 Å². The second kappa shape index (κ2) is 10.0.